The zero-order chi connectivity index (χ0) is 15.9. The van der Waals surface area contributed by atoms with Gasteiger partial charge < -0.3 is 4.74 Å². The van der Waals surface area contributed by atoms with Gasteiger partial charge in [-0.3, -0.25) is 0 Å². The number of isocyanates is 1. The fourth-order valence-corrected chi connectivity index (χ4v) is 2.29. The van der Waals surface area contributed by atoms with Crippen LogP contribution in [0.5, 0.6) is 5.75 Å². The van der Waals surface area contributed by atoms with E-state index in [1.807, 2.05) is 72.8 Å². The molecule has 3 heteroatoms. The fraction of sp³-hybridized carbons (Fsp3) is 0.0500. The lowest BCUT2D eigenvalue weighted by atomic mass is 10.1. The number of rotatable bonds is 5. The third-order valence-corrected chi connectivity index (χ3v) is 3.46. The molecule has 0 spiro atoms. The summed E-state index contributed by atoms with van der Waals surface area (Å²) in [6, 6.07) is 25.4. The molecule has 0 saturated heterocycles. The SMILES string of the molecule is O=C=Nc1cccc(-c2ccc(OCc3ccccc3)cc2)c1. The summed E-state index contributed by atoms with van der Waals surface area (Å²) >= 11 is 0. The van der Waals surface area contributed by atoms with Gasteiger partial charge in [0.15, 0.2) is 0 Å². The van der Waals surface area contributed by atoms with Crippen molar-refractivity contribution in [3.63, 3.8) is 0 Å². The Morgan fingerprint density at radius 3 is 2.35 bits per heavy atom. The second kappa shape index (κ2) is 7.21. The number of hydrogen-bond donors (Lipinski definition) is 0. The van der Waals surface area contributed by atoms with Crippen LogP contribution in [0.25, 0.3) is 11.1 Å². The van der Waals surface area contributed by atoms with E-state index in [0.29, 0.717) is 12.3 Å². The molecule has 0 fully saturated rings. The van der Waals surface area contributed by atoms with Gasteiger partial charge in [-0.15, -0.1) is 0 Å². The summed E-state index contributed by atoms with van der Waals surface area (Å²) in [5.74, 6) is 0.819. The lowest BCUT2D eigenvalue weighted by Crippen LogP contribution is -1.94. The highest BCUT2D eigenvalue weighted by atomic mass is 16.5. The molecular formula is C20H15NO2. The molecule has 0 aliphatic rings. The van der Waals surface area contributed by atoms with Gasteiger partial charge in [-0.05, 0) is 41.0 Å². The average Bonchev–Trinajstić information content (AvgIpc) is 2.62. The fourth-order valence-electron chi connectivity index (χ4n) is 2.29. The van der Waals surface area contributed by atoms with Crippen LogP contribution in [0.1, 0.15) is 5.56 Å². The van der Waals surface area contributed by atoms with Crippen molar-refractivity contribution in [3.05, 3.63) is 84.4 Å². The molecule has 0 unspecified atom stereocenters. The van der Waals surface area contributed by atoms with Gasteiger partial charge in [-0.25, -0.2) is 4.79 Å². The first-order chi connectivity index (χ1) is 11.3. The maximum absolute atomic E-state index is 10.3. The molecule has 0 aliphatic carbocycles. The second-order valence-corrected chi connectivity index (χ2v) is 5.05. The Kier molecular flexibility index (Phi) is 4.63. The Balaban J connectivity index is 1.72. The first-order valence-electron chi connectivity index (χ1n) is 7.30. The Hall–Kier alpha value is -3.16. The number of aliphatic imine (C=N–C) groups is 1. The van der Waals surface area contributed by atoms with Crippen LogP contribution in [0.2, 0.25) is 0 Å². The number of hydrogen-bond acceptors (Lipinski definition) is 3. The van der Waals surface area contributed by atoms with Crippen LogP contribution in [-0.2, 0) is 11.4 Å². The largest absolute Gasteiger partial charge is 0.489 e. The van der Waals surface area contributed by atoms with Crippen molar-refractivity contribution in [1.82, 2.24) is 0 Å². The van der Waals surface area contributed by atoms with E-state index in [4.69, 9.17) is 4.74 Å². The lowest BCUT2D eigenvalue weighted by Gasteiger charge is -2.08. The maximum Gasteiger partial charge on any atom is 0.240 e. The molecule has 3 aromatic carbocycles. The predicted molar refractivity (Wildman–Crippen MR) is 90.4 cm³/mol. The summed E-state index contributed by atoms with van der Waals surface area (Å²) in [5.41, 5.74) is 3.77. The molecule has 0 N–H and O–H groups in total. The molecule has 23 heavy (non-hydrogen) atoms. The zero-order valence-electron chi connectivity index (χ0n) is 12.5. The number of nitrogens with zero attached hydrogens (tertiary/aromatic N) is 1. The van der Waals surface area contributed by atoms with Crippen LogP contribution < -0.4 is 4.74 Å². The van der Waals surface area contributed by atoms with Gasteiger partial charge >= 0.3 is 0 Å². The Labute approximate surface area is 134 Å². The van der Waals surface area contributed by atoms with Crippen LogP contribution in [0.3, 0.4) is 0 Å². The van der Waals surface area contributed by atoms with Crippen LogP contribution in [-0.4, -0.2) is 6.08 Å². The first kappa shape index (κ1) is 14.8. The van der Waals surface area contributed by atoms with Crippen molar-refractivity contribution in [2.75, 3.05) is 0 Å². The van der Waals surface area contributed by atoms with Crippen molar-refractivity contribution in [1.29, 1.82) is 0 Å². The third-order valence-electron chi connectivity index (χ3n) is 3.46. The lowest BCUT2D eigenvalue weighted by molar-refractivity contribution is 0.306. The van der Waals surface area contributed by atoms with E-state index < -0.39 is 0 Å². The summed E-state index contributed by atoms with van der Waals surface area (Å²) < 4.78 is 5.78. The van der Waals surface area contributed by atoms with E-state index in [0.717, 1.165) is 22.4 Å². The van der Waals surface area contributed by atoms with E-state index in [1.165, 1.54) is 0 Å². The van der Waals surface area contributed by atoms with Gasteiger partial charge in [0, 0.05) is 0 Å². The monoisotopic (exact) mass is 301 g/mol. The van der Waals surface area contributed by atoms with E-state index in [1.54, 1.807) is 12.1 Å². The van der Waals surface area contributed by atoms with E-state index in [9.17, 15) is 4.79 Å². The van der Waals surface area contributed by atoms with Gasteiger partial charge in [0.2, 0.25) is 6.08 Å². The Morgan fingerprint density at radius 2 is 1.61 bits per heavy atom. The topological polar surface area (TPSA) is 38.7 Å². The van der Waals surface area contributed by atoms with Crippen LogP contribution in [0.15, 0.2) is 83.9 Å². The standard InChI is InChI=1S/C20H15NO2/c22-15-21-19-8-4-7-18(13-19)17-9-11-20(12-10-17)23-14-16-5-2-1-3-6-16/h1-13H,14H2. The van der Waals surface area contributed by atoms with Gasteiger partial charge in [-0.1, -0.05) is 54.6 Å². The molecule has 0 radical (unpaired) electrons. The van der Waals surface area contributed by atoms with Crippen LogP contribution in [0, 0.1) is 0 Å². The summed E-state index contributed by atoms with van der Waals surface area (Å²) in [5, 5.41) is 0. The molecular weight excluding hydrogens is 286 g/mol. The summed E-state index contributed by atoms with van der Waals surface area (Å²) in [6.45, 7) is 0.545. The molecule has 0 aliphatic heterocycles. The first-order valence-corrected chi connectivity index (χ1v) is 7.30. The van der Waals surface area contributed by atoms with Crippen LogP contribution in [0.4, 0.5) is 5.69 Å². The van der Waals surface area contributed by atoms with Gasteiger partial charge in [0.1, 0.15) is 12.4 Å². The molecule has 0 atom stereocenters. The molecule has 0 amide bonds. The maximum atomic E-state index is 10.3. The highest BCUT2D eigenvalue weighted by Gasteiger charge is 2.01. The average molecular weight is 301 g/mol. The highest BCUT2D eigenvalue weighted by molar-refractivity contribution is 5.68. The Morgan fingerprint density at radius 1 is 0.826 bits per heavy atom. The summed E-state index contributed by atoms with van der Waals surface area (Å²) in [4.78, 5) is 14.0. The normalized spacial score (nSPS) is 9.91. The highest BCUT2D eigenvalue weighted by Crippen LogP contribution is 2.26. The third kappa shape index (κ3) is 3.94. The molecule has 3 nitrogen and oxygen atoms in total. The van der Waals surface area contributed by atoms with E-state index in [-0.39, 0.29) is 0 Å². The van der Waals surface area contributed by atoms with Crippen molar-refractivity contribution < 1.29 is 9.53 Å². The summed E-state index contributed by atoms with van der Waals surface area (Å²) in [7, 11) is 0. The molecule has 0 bridgehead atoms. The number of ether oxygens (including phenoxy) is 1. The Bertz CT molecular complexity index is 820. The molecule has 112 valence electrons. The molecule has 0 aromatic heterocycles. The van der Waals surface area contributed by atoms with Crippen molar-refractivity contribution >= 4 is 11.8 Å². The minimum absolute atomic E-state index is 0.545. The minimum atomic E-state index is 0.545. The van der Waals surface area contributed by atoms with Crippen molar-refractivity contribution in [3.8, 4) is 16.9 Å². The quantitative estimate of drug-likeness (QED) is 0.496. The van der Waals surface area contributed by atoms with Crippen molar-refractivity contribution in [2.24, 2.45) is 4.99 Å². The smallest absolute Gasteiger partial charge is 0.240 e. The molecule has 3 rings (SSSR count). The number of carbonyl (C=O) groups excluding carboxylic acids is 1. The molecule has 3 aromatic rings. The van der Waals surface area contributed by atoms with Gasteiger partial charge in [0.25, 0.3) is 0 Å². The second-order valence-electron chi connectivity index (χ2n) is 5.05. The van der Waals surface area contributed by atoms with E-state index in [2.05, 4.69) is 4.99 Å². The predicted octanol–water partition coefficient (Wildman–Crippen LogP) is 4.90. The molecule has 0 heterocycles. The van der Waals surface area contributed by atoms with E-state index >= 15 is 0 Å². The number of benzene rings is 3. The zero-order valence-corrected chi connectivity index (χ0v) is 12.5. The van der Waals surface area contributed by atoms with Crippen LogP contribution >= 0.6 is 0 Å². The van der Waals surface area contributed by atoms with Gasteiger partial charge in [-0.2, -0.15) is 4.99 Å². The van der Waals surface area contributed by atoms with Gasteiger partial charge in [0.05, 0.1) is 5.69 Å². The van der Waals surface area contributed by atoms with Crippen molar-refractivity contribution in [2.45, 2.75) is 6.61 Å². The summed E-state index contributed by atoms with van der Waals surface area (Å²) in [6.07, 6.45) is 1.56. The molecule has 0 saturated carbocycles. The minimum Gasteiger partial charge on any atom is -0.489 e.